The summed E-state index contributed by atoms with van der Waals surface area (Å²) in [6, 6.07) is 12.3. The number of rotatable bonds is 2. The molecule has 90 valence electrons. The molecule has 2 aromatic rings. The molecule has 0 heterocycles. The Morgan fingerprint density at radius 3 is 2.39 bits per heavy atom. The zero-order valence-electron chi connectivity index (χ0n) is 9.24. The standard InChI is InChI=1S/C13H9Cl2N3/c14-11-5-9(17)6-12(15)13(11)18-10-3-1-2-8(4-10)7-16/h1-6,18H,17H2. The number of nitrogens with zero attached hydrogens (tertiary/aromatic N) is 1. The third-order valence-corrected chi connectivity index (χ3v) is 2.92. The normalized spacial score (nSPS) is 9.83. The molecule has 0 fully saturated rings. The van der Waals surface area contributed by atoms with E-state index >= 15 is 0 Å². The van der Waals surface area contributed by atoms with Crippen molar-refractivity contribution in [1.82, 2.24) is 0 Å². The Hall–Kier alpha value is -1.89. The molecule has 0 saturated heterocycles. The molecule has 2 aromatic carbocycles. The molecule has 3 nitrogen and oxygen atoms in total. The molecular weight excluding hydrogens is 269 g/mol. The van der Waals surface area contributed by atoms with Crippen LogP contribution in [-0.4, -0.2) is 0 Å². The monoisotopic (exact) mass is 277 g/mol. The van der Waals surface area contributed by atoms with E-state index in [-0.39, 0.29) is 0 Å². The summed E-state index contributed by atoms with van der Waals surface area (Å²) in [5.74, 6) is 0. The second kappa shape index (κ2) is 5.18. The first kappa shape index (κ1) is 12.6. The first-order valence-electron chi connectivity index (χ1n) is 5.12. The van der Waals surface area contributed by atoms with Crippen LogP contribution in [0.3, 0.4) is 0 Å². The Bertz CT molecular complexity index is 609. The fraction of sp³-hybridized carbons (Fsp3) is 0. The van der Waals surface area contributed by atoms with Crippen molar-refractivity contribution < 1.29 is 0 Å². The molecule has 2 rings (SSSR count). The summed E-state index contributed by atoms with van der Waals surface area (Å²) in [5, 5.41) is 12.8. The zero-order valence-corrected chi connectivity index (χ0v) is 10.8. The second-order valence-corrected chi connectivity index (χ2v) is 4.49. The molecule has 0 bridgehead atoms. The average Bonchev–Trinajstić information content (AvgIpc) is 2.34. The van der Waals surface area contributed by atoms with Crippen LogP contribution in [0, 0.1) is 11.3 Å². The van der Waals surface area contributed by atoms with Crippen molar-refractivity contribution in [1.29, 1.82) is 5.26 Å². The van der Waals surface area contributed by atoms with Crippen molar-refractivity contribution in [2.75, 3.05) is 11.1 Å². The molecule has 0 aromatic heterocycles. The fourth-order valence-electron chi connectivity index (χ4n) is 1.52. The van der Waals surface area contributed by atoms with E-state index in [0.29, 0.717) is 27.0 Å². The quantitative estimate of drug-likeness (QED) is 0.809. The van der Waals surface area contributed by atoms with E-state index in [9.17, 15) is 0 Å². The zero-order chi connectivity index (χ0) is 13.1. The number of benzene rings is 2. The molecule has 0 atom stereocenters. The van der Waals surface area contributed by atoms with Gasteiger partial charge in [-0.25, -0.2) is 0 Å². The molecular formula is C13H9Cl2N3. The topological polar surface area (TPSA) is 61.8 Å². The Morgan fingerprint density at radius 2 is 1.78 bits per heavy atom. The van der Waals surface area contributed by atoms with Gasteiger partial charge in [0.25, 0.3) is 0 Å². The van der Waals surface area contributed by atoms with Gasteiger partial charge in [0.15, 0.2) is 0 Å². The van der Waals surface area contributed by atoms with Crippen molar-refractivity contribution >= 4 is 40.3 Å². The van der Waals surface area contributed by atoms with Crippen molar-refractivity contribution in [2.45, 2.75) is 0 Å². The minimum atomic E-state index is 0.433. The fourth-order valence-corrected chi connectivity index (χ4v) is 2.12. The van der Waals surface area contributed by atoms with Gasteiger partial charge >= 0.3 is 0 Å². The molecule has 0 aliphatic carbocycles. The summed E-state index contributed by atoms with van der Waals surface area (Å²) in [4.78, 5) is 0. The van der Waals surface area contributed by atoms with Crippen LogP contribution in [0.25, 0.3) is 0 Å². The highest BCUT2D eigenvalue weighted by atomic mass is 35.5. The Morgan fingerprint density at radius 1 is 1.11 bits per heavy atom. The van der Waals surface area contributed by atoms with Crippen molar-refractivity contribution in [2.24, 2.45) is 0 Å². The molecule has 0 amide bonds. The van der Waals surface area contributed by atoms with Crippen LogP contribution in [-0.2, 0) is 0 Å². The largest absolute Gasteiger partial charge is 0.399 e. The number of hydrogen-bond donors (Lipinski definition) is 2. The van der Waals surface area contributed by atoms with Crippen LogP contribution in [0.5, 0.6) is 0 Å². The molecule has 0 radical (unpaired) electrons. The minimum Gasteiger partial charge on any atom is -0.399 e. The van der Waals surface area contributed by atoms with Crippen LogP contribution in [0.1, 0.15) is 5.56 Å². The van der Waals surface area contributed by atoms with Crippen LogP contribution in [0.4, 0.5) is 17.1 Å². The van der Waals surface area contributed by atoms with Gasteiger partial charge < -0.3 is 11.1 Å². The lowest BCUT2D eigenvalue weighted by molar-refractivity contribution is 1.47. The van der Waals surface area contributed by atoms with Crippen molar-refractivity contribution in [3.8, 4) is 6.07 Å². The molecule has 0 spiro atoms. The van der Waals surface area contributed by atoms with Crippen LogP contribution in [0.15, 0.2) is 36.4 Å². The van der Waals surface area contributed by atoms with Crippen LogP contribution in [0.2, 0.25) is 10.0 Å². The summed E-state index contributed by atoms with van der Waals surface area (Å²) < 4.78 is 0. The highest BCUT2D eigenvalue weighted by Crippen LogP contribution is 2.35. The third-order valence-electron chi connectivity index (χ3n) is 2.33. The van der Waals surface area contributed by atoms with E-state index in [1.807, 2.05) is 6.07 Å². The average molecular weight is 278 g/mol. The number of halogens is 2. The van der Waals surface area contributed by atoms with Gasteiger partial charge in [-0.05, 0) is 30.3 Å². The number of nitriles is 1. The van der Waals surface area contributed by atoms with E-state index in [1.54, 1.807) is 30.3 Å². The van der Waals surface area contributed by atoms with E-state index in [4.69, 9.17) is 34.2 Å². The van der Waals surface area contributed by atoms with Crippen LogP contribution >= 0.6 is 23.2 Å². The summed E-state index contributed by atoms with van der Waals surface area (Å²) in [5.41, 5.74) is 8.00. The minimum absolute atomic E-state index is 0.433. The lowest BCUT2D eigenvalue weighted by atomic mass is 10.2. The van der Waals surface area contributed by atoms with Gasteiger partial charge in [-0.15, -0.1) is 0 Å². The summed E-state index contributed by atoms with van der Waals surface area (Å²) in [6.07, 6.45) is 0. The number of hydrogen-bond acceptors (Lipinski definition) is 3. The number of nitrogens with two attached hydrogens (primary N) is 1. The van der Waals surface area contributed by atoms with E-state index in [2.05, 4.69) is 11.4 Å². The Balaban J connectivity index is 2.37. The summed E-state index contributed by atoms with van der Waals surface area (Å²) >= 11 is 12.1. The smallest absolute Gasteiger partial charge is 0.0992 e. The van der Waals surface area contributed by atoms with E-state index < -0.39 is 0 Å². The van der Waals surface area contributed by atoms with Gasteiger partial charge in [0.05, 0.1) is 27.4 Å². The third kappa shape index (κ3) is 2.67. The Labute approximate surface area is 115 Å². The molecule has 0 saturated carbocycles. The SMILES string of the molecule is N#Cc1cccc(Nc2c(Cl)cc(N)cc2Cl)c1. The van der Waals surface area contributed by atoms with E-state index in [0.717, 1.165) is 5.69 Å². The predicted octanol–water partition coefficient (Wildman–Crippen LogP) is 4.19. The maximum atomic E-state index is 8.83. The molecule has 5 heteroatoms. The van der Waals surface area contributed by atoms with Gasteiger partial charge in [-0.2, -0.15) is 5.26 Å². The van der Waals surface area contributed by atoms with Gasteiger partial charge in [0.1, 0.15) is 0 Å². The first-order chi connectivity index (χ1) is 8.60. The molecule has 3 N–H and O–H groups in total. The first-order valence-corrected chi connectivity index (χ1v) is 5.87. The lowest BCUT2D eigenvalue weighted by Crippen LogP contribution is -1.94. The maximum Gasteiger partial charge on any atom is 0.0992 e. The van der Waals surface area contributed by atoms with Gasteiger partial charge in [0, 0.05) is 11.4 Å². The van der Waals surface area contributed by atoms with Crippen LogP contribution < -0.4 is 11.1 Å². The van der Waals surface area contributed by atoms with Gasteiger partial charge in [-0.1, -0.05) is 29.3 Å². The van der Waals surface area contributed by atoms with Gasteiger partial charge in [-0.3, -0.25) is 0 Å². The number of anilines is 3. The molecule has 18 heavy (non-hydrogen) atoms. The molecule has 0 aliphatic heterocycles. The summed E-state index contributed by atoms with van der Waals surface area (Å²) in [6.45, 7) is 0. The highest BCUT2D eigenvalue weighted by Gasteiger charge is 2.07. The van der Waals surface area contributed by atoms with Crippen molar-refractivity contribution in [3.05, 3.63) is 52.0 Å². The highest BCUT2D eigenvalue weighted by molar-refractivity contribution is 6.39. The molecule has 0 unspecified atom stereocenters. The number of nitrogens with one attached hydrogen (secondary N) is 1. The second-order valence-electron chi connectivity index (χ2n) is 3.68. The molecule has 0 aliphatic rings. The predicted molar refractivity (Wildman–Crippen MR) is 75.3 cm³/mol. The van der Waals surface area contributed by atoms with Crippen molar-refractivity contribution in [3.63, 3.8) is 0 Å². The number of nitrogen functional groups attached to an aromatic ring is 1. The summed E-state index contributed by atoms with van der Waals surface area (Å²) in [7, 11) is 0. The maximum absolute atomic E-state index is 8.83. The Kier molecular flexibility index (Phi) is 3.61. The lowest BCUT2D eigenvalue weighted by Gasteiger charge is -2.11. The van der Waals surface area contributed by atoms with Gasteiger partial charge in [0.2, 0.25) is 0 Å². The van der Waals surface area contributed by atoms with E-state index in [1.165, 1.54) is 0 Å².